The number of hydrogen-bond acceptors (Lipinski definition) is 3. The zero-order valence-corrected chi connectivity index (χ0v) is 5.96. The summed E-state index contributed by atoms with van der Waals surface area (Å²) in [5.74, 6) is -0.968. The minimum Gasteiger partial charge on any atom is -0.480 e. The molecule has 0 aromatic heterocycles. The molecule has 5 N–H and O–H groups in total. The second-order valence-corrected chi connectivity index (χ2v) is 1.78. The van der Waals surface area contributed by atoms with E-state index in [2.05, 4.69) is 16.4 Å². The molecule has 6 nitrogen and oxygen atoms in total. The Hall–Kier alpha value is -1.30. The lowest BCUT2D eigenvalue weighted by Gasteiger charge is -1.80. The molecular weight excluding hydrogens is 150 g/mol. The van der Waals surface area contributed by atoms with Crippen LogP contribution in [0, 0.1) is 0 Å². The van der Waals surface area contributed by atoms with Crippen LogP contribution in [-0.4, -0.2) is 36.7 Å². The predicted molar refractivity (Wildman–Crippen MR) is 38.1 cm³/mol. The van der Waals surface area contributed by atoms with Gasteiger partial charge in [0, 0.05) is 13.1 Å². The molecule has 6 heteroatoms. The van der Waals surface area contributed by atoms with E-state index in [-0.39, 0.29) is 12.6 Å². The summed E-state index contributed by atoms with van der Waals surface area (Å²) in [7, 11) is 0. The molecule has 0 aromatic rings. The highest BCUT2D eigenvalue weighted by atomic mass is 16.4. The van der Waals surface area contributed by atoms with Crippen molar-refractivity contribution in [3.05, 3.63) is 0 Å². The molecule has 1 aliphatic heterocycles. The Balaban J connectivity index is 0.000000187. The van der Waals surface area contributed by atoms with Gasteiger partial charge in [-0.25, -0.2) is 4.79 Å². The molecule has 1 heterocycles. The first kappa shape index (κ1) is 9.70. The van der Waals surface area contributed by atoms with Gasteiger partial charge in [0.25, 0.3) is 0 Å². The van der Waals surface area contributed by atoms with Crippen LogP contribution in [0.1, 0.15) is 0 Å². The third-order valence-corrected chi connectivity index (χ3v) is 0.871. The van der Waals surface area contributed by atoms with Gasteiger partial charge in [-0.2, -0.15) is 0 Å². The number of aliphatic carboxylic acids is 1. The lowest BCUT2D eigenvalue weighted by molar-refractivity contribution is -0.135. The Morgan fingerprint density at radius 3 is 2.00 bits per heavy atom. The molecule has 0 unspecified atom stereocenters. The van der Waals surface area contributed by atoms with Crippen LogP contribution in [0.15, 0.2) is 0 Å². The summed E-state index contributed by atoms with van der Waals surface area (Å²) in [6.45, 7) is 1.28. The third-order valence-electron chi connectivity index (χ3n) is 0.871. The van der Waals surface area contributed by atoms with Crippen LogP contribution >= 0.6 is 0 Å². The van der Waals surface area contributed by atoms with Gasteiger partial charge in [-0.3, -0.25) is 4.79 Å². The lowest BCUT2D eigenvalue weighted by Crippen LogP contribution is -2.20. The molecule has 0 bridgehead atoms. The van der Waals surface area contributed by atoms with Crippen LogP contribution in [0.4, 0.5) is 4.79 Å². The number of urea groups is 1. The van der Waals surface area contributed by atoms with Gasteiger partial charge in [-0.15, -0.1) is 0 Å². The van der Waals surface area contributed by atoms with Crippen molar-refractivity contribution in [3.63, 3.8) is 0 Å². The van der Waals surface area contributed by atoms with Gasteiger partial charge in [0.2, 0.25) is 0 Å². The van der Waals surface area contributed by atoms with E-state index in [4.69, 9.17) is 5.11 Å². The second kappa shape index (κ2) is 5.48. The maximum absolute atomic E-state index is 10.0. The second-order valence-electron chi connectivity index (χ2n) is 1.78. The molecule has 2 amide bonds. The topological polar surface area (TPSA) is 104 Å². The molecule has 1 rings (SSSR count). The van der Waals surface area contributed by atoms with E-state index in [1.165, 1.54) is 0 Å². The molecule has 0 saturated carbocycles. The average Bonchev–Trinajstić information content (AvgIpc) is 2.41. The van der Waals surface area contributed by atoms with Crippen molar-refractivity contribution < 1.29 is 14.7 Å². The van der Waals surface area contributed by atoms with Crippen molar-refractivity contribution in [2.24, 2.45) is 5.73 Å². The molecule has 0 atom stereocenters. The van der Waals surface area contributed by atoms with Crippen LogP contribution in [0.25, 0.3) is 0 Å². The number of carbonyl (C=O) groups is 2. The van der Waals surface area contributed by atoms with Gasteiger partial charge < -0.3 is 21.5 Å². The zero-order valence-electron chi connectivity index (χ0n) is 5.96. The van der Waals surface area contributed by atoms with E-state index < -0.39 is 5.97 Å². The Bertz CT molecular complexity index is 140. The monoisotopic (exact) mass is 161 g/mol. The highest BCUT2D eigenvalue weighted by Crippen LogP contribution is 1.69. The van der Waals surface area contributed by atoms with Crippen LogP contribution in [0.5, 0.6) is 0 Å². The smallest absolute Gasteiger partial charge is 0.317 e. The van der Waals surface area contributed by atoms with E-state index in [0.717, 1.165) is 13.1 Å². The summed E-state index contributed by atoms with van der Waals surface area (Å²) in [4.78, 5) is 19.3. The van der Waals surface area contributed by atoms with E-state index in [0.29, 0.717) is 0 Å². The number of amides is 2. The fraction of sp³-hybridized carbons (Fsp3) is 0.600. The summed E-state index contributed by atoms with van der Waals surface area (Å²) in [6.07, 6.45) is 0. The number of rotatable bonds is 1. The summed E-state index contributed by atoms with van der Waals surface area (Å²) >= 11 is 0. The normalized spacial score (nSPS) is 14.1. The Labute approximate surface area is 63.8 Å². The van der Waals surface area contributed by atoms with Gasteiger partial charge in [-0.1, -0.05) is 0 Å². The highest BCUT2D eigenvalue weighted by Gasteiger charge is 2.02. The maximum atomic E-state index is 10.0. The van der Waals surface area contributed by atoms with Crippen molar-refractivity contribution in [3.8, 4) is 0 Å². The molecule has 64 valence electrons. The van der Waals surface area contributed by atoms with Gasteiger partial charge in [0.15, 0.2) is 0 Å². The van der Waals surface area contributed by atoms with E-state index in [1.807, 2.05) is 0 Å². The first-order valence-electron chi connectivity index (χ1n) is 3.10. The van der Waals surface area contributed by atoms with Crippen molar-refractivity contribution in [2.45, 2.75) is 0 Å². The molecule has 1 fully saturated rings. The Morgan fingerprint density at radius 1 is 1.55 bits per heavy atom. The van der Waals surface area contributed by atoms with Crippen molar-refractivity contribution in [2.75, 3.05) is 19.6 Å². The number of carbonyl (C=O) groups excluding carboxylic acids is 1. The summed E-state index contributed by atoms with van der Waals surface area (Å²) in [6, 6.07) is -0.0463. The van der Waals surface area contributed by atoms with Crippen molar-refractivity contribution in [1.29, 1.82) is 0 Å². The molecular formula is C5H11N3O3. The van der Waals surface area contributed by atoms with E-state index in [9.17, 15) is 9.59 Å². The van der Waals surface area contributed by atoms with Gasteiger partial charge in [-0.05, 0) is 0 Å². The number of carboxylic acid groups (broad SMARTS) is 1. The Kier molecular flexibility index (Phi) is 4.83. The van der Waals surface area contributed by atoms with Crippen molar-refractivity contribution in [1.82, 2.24) is 10.6 Å². The number of carboxylic acids is 1. The SMILES string of the molecule is NCC(=O)O.O=C1NCCN1. The number of nitrogens with two attached hydrogens (primary N) is 1. The minimum absolute atomic E-state index is 0.0463. The molecule has 11 heavy (non-hydrogen) atoms. The maximum Gasteiger partial charge on any atom is 0.317 e. The van der Waals surface area contributed by atoms with E-state index >= 15 is 0 Å². The van der Waals surface area contributed by atoms with Gasteiger partial charge in [0.1, 0.15) is 0 Å². The molecule has 0 aromatic carbocycles. The van der Waals surface area contributed by atoms with Gasteiger partial charge in [0.05, 0.1) is 6.54 Å². The highest BCUT2D eigenvalue weighted by molar-refractivity contribution is 5.75. The molecule has 0 aliphatic carbocycles. The first-order chi connectivity index (χ1) is 5.16. The molecule has 1 saturated heterocycles. The first-order valence-corrected chi connectivity index (χ1v) is 3.10. The quantitative estimate of drug-likeness (QED) is 0.369. The number of nitrogens with one attached hydrogen (secondary N) is 2. The minimum atomic E-state index is -0.968. The summed E-state index contributed by atoms with van der Waals surface area (Å²) in [5, 5.41) is 12.7. The largest absolute Gasteiger partial charge is 0.480 e. The zero-order chi connectivity index (χ0) is 8.69. The summed E-state index contributed by atoms with van der Waals surface area (Å²) in [5.41, 5.74) is 4.57. The van der Waals surface area contributed by atoms with Crippen LogP contribution in [0.3, 0.4) is 0 Å². The van der Waals surface area contributed by atoms with Crippen LogP contribution < -0.4 is 16.4 Å². The standard InChI is InChI=1S/C3H6N2O.C2H5NO2/c6-3-4-1-2-5-3;3-1-2(4)5/h1-2H2,(H2,4,5,6);1,3H2,(H,4,5). The number of hydrogen-bond donors (Lipinski definition) is 4. The molecule has 0 spiro atoms. The lowest BCUT2D eigenvalue weighted by atomic mass is 10.7. The fourth-order valence-electron chi connectivity index (χ4n) is 0.415. The molecule has 0 radical (unpaired) electrons. The fourth-order valence-corrected chi connectivity index (χ4v) is 0.415. The molecule has 1 aliphatic rings. The Morgan fingerprint density at radius 2 is 1.91 bits per heavy atom. The van der Waals surface area contributed by atoms with E-state index in [1.54, 1.807) is 0 Å². The third kappa shape index (κ3) is 6.59. The van der Waals surface area contributed by atoms with Crippen LogP contribution in [0.2, 0.25) is 0 Å². The predicted octanol–water partition coefficient (Wildman–Crippen LogP) is -1.67. The van der Waals surface area contributed by atoms with Crippen LogP contribution in [-0.2, 0) is 4.79 Å². The average molecular weight is 161 g/mol. The summed E-state index contributed by atoms with van der Waals surface area (Å²) < 4.78 is 0. The van der Waals surface area contributed by atoms with Gasteiger partial charge >= 0.3 is 12.0 Å². The van der Waals surface area contributed by atoms with Crippen molar-refractivity contribution >= 4 is 12.0 Å².